The third-order valence-corrected chi connectivity index (χ3v) is 2.37. The first-order chi connectivity index (χ1) is 7.47. The first-order valence-electron chi connectivity index (χ1n) is 5.63. The summed E-state index contributed by atoms with van der Waals surface area (Å²) in [5, 5.41) is 10.6. The van der Waals surface area contributed by atoms with Crippen molar-refractivity contribution in [3.63, 3.8) is 0 Å². The maximum Gasteiger partial charge on any atom is 0.0674 e. The van der Waals surface area contributed by atoms with Crippen molar-refractivity contribution in [3.8, 4) is 0 Å². The molecule has 0 fully saturated rings. The molecule has 0 aliphatic rings. The number of carbonyl (C=O) groups excluding carboxylic acids is 1. The second-order valence-corrected chi connectivity index (χ2v) is 4.18. The summed E-state index contributed by atoms with van der Waals surface area (Å²) in [5.41, 5.74) is 2.89. The highest BCUT2D eigenvalue weighted by molar-refractivity contribution is 5.84. The van der Waals surface area contributed by atoms with Crippen LogP contribution in [0.25, 0.3) is 0 Å². The lowest BCUT2D eigenvalue weighted by Crippen LogP contribution is -2.24. The minimum Gasteiger partial charge on any atom is -0.545 e. The second-order valence-electron chi connectivity index (χ2n) is 4.18. The number of aliphatic carboxylic acids is 1. The lowest BCUT2D eigenvalue weighted by molar-refractivity contribution is -0.299. The molecule has 0 unspecified atom stereocenters. The minimum atomic E-state index is -1.07. The van der Waals surface area contributed by atoms with Gasteiger partial charge in [-0.25, -0.2) is 0 Å². The fraction of sp³-hybridized carbons (Fsp3) is 0.500. The summed E-state index contributed by atoms with van der Waals surface area (Å²) >= 11 is 0. The lowest BCUT2D eigenvalue weighted by atomic mass is 10.1. The van der Waals surface area contributed by atoms with E-state index in [0.717, 1.165) is 12.8 Å². The monoisotopic (exact) mass is 221 g/mol. The van der Waals surface area contributed by atoms with Crippen LogP contribution in [0.4, 0.5) is 0 Å². The van der Waals surface area contributed by atoms with Crippen LogP contribution in [0.1, 0.15) is 47.0 Å². The van der Waals surface area contributed by atoms with Gasteiger partial charge in [0.1, 0.15) is 0 Å². The molecular weight excluding hydrogens is 200 g/mol. The molecule has 0 aromatic heterocycles. The molecule has 0 aromatic rings. The van der Waals surface area contributed by atoms with E-state index in [-0.39, 0.29) is 0 Å². The number of rotatable bonds is 6. The normalized spacial score (nSPS) is 12.5. The lowest BCUT2D eigenvalue weighted by Gasteiger charge is -2.05. The van der Waals surface area contributed by atoms with E-state index in [0.29, 0.717) is 12.0 Å². The van der Waals surface area contributed by atoms with Crippen LogP contribution in [0.15, 0.2) is 34.9 Å². The van der Waals surface area contributed by atoms with Crippen molar-refractivity contribution in [1.29, 1.82) is 0 Å². The Balaban J connectivity index is 4.14. The molecule has 0 aliphatic carbocycles. The topological polar surface area (TPSA) is 40.1 Å². The zero-order valence-electron chi connectivity index (χ0n) is 10.7. The number of carbonyl (C=O) groups is 1. The van der Waals surface area contributed by atoms with E-state index in [4.69, 9.17) is 0 Å². The molecule has 0 N–H and O–H groups in total. The van der Waals surface area contributed by atoms with Crippen LogP contribution < -0.4 is 5.11 Å². The SMILES string of the molecule is C/C=C(\C/C=C(\C)CCC=C(C)C)C(=O)[O-]. The fourth-order valence-corrected chi connectivity index (χ4v) is 1.29. The van der Waals surface area contributed by atoms with Gasteiger partial charge in [0.2, 0.25) is 0 Å². The van der Waals surface area contributed by atoms with E-state index in [9.17, 15) is 9.90 Å². The molecule has 90 valence electrons. The van der Waals surface area contributed by atoms with Crippen molar-refractivity contribution in [2.45, 2.75) is 47.0 Å². The van der Waals surface area contributed by atoms with Crippen molar-refractivity contribution >= 4 is 5.97 Å². The van der Waals surface area contributed by atoms with Crippen LogP contribution in [0.3, 0.4) is 0 Å². The highest BCUT2D eigenvalue weighted by Gasteiger charge is 1.95. The smallest absolute Gasteiger partial charge is 0.0674 e. The molecule has 0 heterocycles. The summed E-state index contributed by atoms with van der Waals surface area (Å²) < 4.78 is 0. The average Bonchev–Trinajstić information content (AvgIpc) is 2.17. The highest BCUT2D eigenvalue weighted by Crippen LogP contribution is 2.10. The van der Waals surface area contributed by atoms with Gasteiger partial charge in [0.15, 0.2) is 0 Å². The van der Waals surface area contributed by atoms with Gasteiger partial charge >= 0.3 is 0 Å². The Bertz CT molecular complexity index is 316. The molecule has 0 saturated carbocycles. The largest absolute Gasteiger partial charge is 0.545 e. The molecule has 0 aliphatic heterocycles. The summed E-state index contributed by atoms with van der Waals surface area (Å²) in [6, 6.07) is 0. The molecule has 0 bridgehead atoms. The maximum atomic E-state index is 10.6. The molecular formula is C14H21O2-. The zero-order chi connectivity index (χ0) is 12.6. The maximum absolute atomic E-state index is 10.6. The summed E-state index contributed by atoms with van der Waals surface area (Å²) in [6.07, 6.45) is 8.20. The van der Waals surface area contributed by atoms with Gasteiger partial charge in [0.25, 0.3) is 0 Å². The van der Waals surface area contributed by atoms with Crippen molar-refractivity contribution in [2.75, 3.05) is 0 Å². The predicted molar refractivity (Wildman–Crippen MR) is 65.8 cm³/mol. The summed E-state index contributed by atoms with van der Waals surface area (Å²) in [4.78, 5) is 10.6. The fourth-order valence-electron chi connectivity index (χ4n) is 1.29. The summed E-state index contributed by atoms with van der Waals surface area (Å²) in [7, 11) is 0. The van der Waals surface area contributed by atoms with E-state index in [1.54, 1.807) is 13.0 Å². The molecule has 2 heteroatoms. The molecule has 0 rings (SSSR count). The van der Waals surface area contributed by atoms with E-state index >= 15 is 0 Å². The van der Waals surface area contributed by atoms with Crippen LogP contribution in [-0.2, 0) is 4.79 Å². The van der Waals surface area contributed by atoms with Gasteiger partial charge in [0.05, 0.1) is 5.97 Å². The molecule has 0 atom stereocenters. The molecule has 0 aromatic carbocycles. The van der Waals surface area contributed by atoms with Crippen molar-refractivity contribution in [2.24, 2.45) is 0 Å². The third-order valence-electron chi connectivity index (χ3n) is 2.37. The molecule has 0 amide bonds. The Morgan fingerprint density at radius 1 is 1.19 bits per heavy atom. The first-order valence-corrected chi connectivity index (χ1v) is 5.63. The van der Waals surface area contributed by atoms with Gasteiger partial charge in [-0.3, -0.25) is 0 Å². The number of hydrogen-bond donors (Lipinski definition) is 0. The van der Waals surface area contributed by atoms with Crippen LogP contribution in [-0.4, -0.2) is 5.97 Å². The first kappa shape index (κ1) is 14.7. The zero-order valence-corrected chi connectivity index (χ0v) is 10.7. The Morgan fingerprint density at radius 2 is 1.81 bits per heavy atom. The molecule has 0 radical (unpaired) electrons. The molecule has 2 nitrogen and oxygen atoms in total. The van der Waals surface area contributed by atoms with Gasteiger partial charge in [-0.15, -0.1) is 0 Å². The Labute approximate surface area is 98.4 Å². The van der Waals surface area contributed by atoms with Crippen LogP contribution in [0.5, 0.6) is 0 Å². The van der Waals surface area contributed by atoms with Gasteiger partial charge < -0.3 is 9.90 Å². The minimum absolute atomic E-state index is 0.349. The second kappa shape index (κ2) is 7.91. The van der Waals surface area contributed by atoms with Crippen LogP contribution in [0.2, 0.25) is 0 Å². The van der Waals surface area contributed by atoms with Gasteiger partial charge in [0, 0.05) is 0 Å². The van der Waals surface area contributed by atoms with Gasteiger partial charge in [-0.2, -0.15) is 0 Å². The van der Waals surface area contributed by atoms with E-state index in [1.807, 2.05) is 13.0 Å². The predicted octanol–water partition coefficient (Wildman–Crippen LogP) is 2.77. The molecule has 0 spiro atoms. The number of carboxylic acids is 1. The van der Waals surface area contributed by atoms with Crippen LogP contribution >= 0.6 is 0 Å². The Morgan fingerprint density at radius 3 is 2.25 bits per heavy atom. The summed E-state index contributed by atoms with van der Waals surface area (Å²) in [6.45, 7) is 7.90. The Hall–Kier alpha value is -1.31. The van der Waals surface area contributed by atoms with E-state index in [2.05, 4.69) is 19.9 Å². The van der Waals surface area contributed by atoms with E-state index in [1.165, 1.54) is 11.1 Å². The highest BCUT2D eigenvalue weighted by atomic mass is 16.4. The van der Waals surface area contributed by atoms with Gasteiger partial charge in [-0.05, 0) is 52.5 Å². The third kappa shape index (κ3) is 7.04. The molecule has 16 heavy (non-hydrogen) atoms. The number of hydrogen-bond acceptors (Lipinski definition) is 2. The van der Waals surface area contributed by atoms with Crippen molar-refractivity contribution in [1.82, 2.24) is 0 Å². The Kier molecular flexibility index (Phi) is 7.27. The standard InChI is InChI=1S/C14H22O2/c1-5-13(14(15)16)10-9-12(4)8-6-7-11(2)3/h5,7,9H,6,8,10H2,1-4H3,(H,15,16)/p-1/b12-9+,13-5+. The quantitative estimate of drug-likeness (QED) is 0.511. The van der Waals surface area contributed by atoms with Gasteiger partial charge in [-0.1, -0.05) is 29.4 Å². The average molecular weight is 221 g/mol. The van der Waals surface area contributed by atoms with E-state index < -0.39 is 5.97 Å². The van der Waals surface area contributed by atoms with Crippen LogP contribution in [0, 0.1) is 0 Å². The number of allylic oxidation sites excluding steroid dienone is 5. The van der Waals surface area contributed by atoms with Crippen molar-refractivity contribution < 1.29 is 9.90 Å². The summed E-state index contributed by atoms with van der Waals surface area (Å²) in [5.74, 6) is -1.07. The molecule has 0 saturated heterocycles. The number of carboxylic acid groups (broad SMARTS) is 1. The van der Waals surface area contributed by atoms with Crippen molar-refractivity contribution in [3.05, 3.63) is 34.9 Å².